The fourth-order valence-electron chi connectivity index (χ4n) is 6.61. The summed E-state index contributed by atoms with van der Waals surface area (Å²) in [7, 11) is 2.33. The van der Waals surface area contributed by atoms with Gasteiger partial charge < -0.3 is 0 Å². The van der Waals surface area contributed by atoms with Gasteiger partial charge in [0.25, 0.3) is 0 Å². The van der Waals surface area contributed by atoms with Gasteiger partial charge in [-0.05, 0) is 93.6 Å². The highest BCUT2D eigenvalue weighted by Gasteiger charge is 2.39. The summed E-state index contributed by atoms with van der Waals surface area (Å²) in [6, 6.07) is 11.2. The molecule has 180 valence electrons. The Balaban J connectivity index is 1.71. The van der Waals surface area contributed by atoms with Crippen molar-refractivity contribution in [3.05, 3.63) is 64.5 Å². The van der Waals surface area contributed by atoms with Gasteiger partial charge >= 0.3 is 0 Å². The molecule has 0 saturated heterocycles. The third kappa shape index (κ3) is 6.26. The molecule has 0 N–H and O–H groups in total. The van der Waals surface area contributed by atoms with Crippen LogP contribution in [0.1, 0.15) is 97.9 Å². The second-order valence-corrected chi connectivity index (χ2v) is 13.6. The summed E-state index contributed by atoms with van der Waals surface area (Å²) in [6.07, 6.45) is 17.6. The van der Waals surface area contributed by atoms with Crippen LogP contribution < -0.4 is 0 Å². The average molecular weight is 465 g/mol. The summed E-state index contributed by atoms with van der Waals surface area (Å²) in [5, 5.41) is 0. The Hall–Kier alpha value is -1.24. The van der Waals surface area contributed by atoms with Gasteiger partial charge in [0, 0.05) is 24.9 Å². The van der Waals surface area contributed by atoms with Crippen molar-refractivity contribution < 1.29 is 0 Å². The van der Waals surface area contributed by atoms with E-state index < -0.39 is 0 Å². The van der Waals surface area contributed by atoms with Crippen molar-refractivity contribution in [2.75, 3.05) is 13.6 Å². The SMILES string of the molecule is Cc1cc(C)c(C(N(C)CCc2ccccn2)P(C2CCCCC2)C2CCCCC2)c(C)c1. The number of rotatable bonds is 8. The van der Waals surface area contributed by atoms with E-state index >= 15 is 0 Å². The average Bonchev–Trinajstić information content (AvgIpc) is 2.83. The lowest BCUT2D eigenvalue weighted by Crippen LogP contribution is -2.33. The first-order valence-corrected chi connectivity index (χ1v) is 15.0. The first kappa shape index (κ1) is 24.9. The summed E-state index contributed by atoms with van der Waals surface area (Å²) < 4.78 is 0. The van der Waals surface area contributed by atoms with Gasteiger partial charge in [-0.15, -0.1) is 0 Å². The van der Waals surface area contributed by atoms with E-state index in [1.807, 2.05) is 12.3 Å². The zero-order chi connectivity index (χ0) is 23.2. The van der Waals surface area contributed by atoms with Gasteiger partial charge in [0.05, 0.1) is 5.78 Å². The molecule has 0 bridgehead atoms. The maximum atomic E-state index is 4.63. The van der Waals surface area contributed by atoms with Crippen molar-refractivity contribution in [3.63, 3.8) is 0 Å². The Bertz CT molecular complexity index is 827. The van der Waals surface area contributed by atoms with Crippen molar-refractivity contribution >= 4 is 7.92 Å². The highest BCUT2D eigenvalue weighted by Crippen LogP contribution is 2.65. The highest BCUT2D eigenvalue weighted by molar-refractivity contribution is 7.59. The molecule has 2 aliphatic carbocycles. The number of pyridine rings is 1. The Labute approximate surface area is 204 Å². The van der Waals surface area contributed by atoms with Crippen LogP contribution in [0.3, 0.4) is 0 Å². The standard InChI is InChI=1S/C30H45N2P/c1-23-21-24(2)29(25(3)22-23)30(32(4)20-18-26-13-11-12-19-31-26)33(27-14-7-5-8-15-27)28-16-9-6-10-17-28/h11-13,19,21-22,27-28,30H,5-10,14-18,20H2,1-4H3. The fraction of sp³-hybridized carbons (Fsp3) is 0.633. The quantitative estimate of drug-likeness (QED) is 0.365. The molecule has 2 aromatic rings. The molecule has 4 rings (SSSR count). The number of aryl methyl sites for hydroxylation is 3. The number of benzene rings is 1. The summed E-state index contributed by atoms with van der Waals surface area (Å²) in [4.78, 5) is 7.39. The molecule has 0 aliphatic heterocycles. The van der Waals surface area contributed by atoms with Crippen LogP contribution in [0.4, 0.5) is 0 Å². The molecule has 3 heteroatoms. The van der Waals surface area contributed by atoms with Crippen LogP contribution in [0.2, 0.25) is 0 Å². The topological polar surface area (TPSA) is 16.1 Å². The van der Waals surface area contributed by atoms with Crippen molar-refractivity contribution in [3.8, 4) is 0 Å². The van der Waals surface area contributed by atoms with Crippen LogP contribution >= 0.6 is 7.92 Å². The van der Waals surface area contributed by atoms with Crippen LogP contribution in [0.25, 0.3) is 0 Å². The van der Waals surface area contributed by atoms with Crippen molar-refractivity contribution in [1.29, 1.82) is 0 Å². The molecule has 1 aromatic heterocycles. The van der Waals surface area contributed by atoms with Gasteiger partial charge in [-0.1, -0.05) is 70.2 Å². The Kier molecular flexibility index (Phi) is 9.00. The summed E-state index contributed by atoms with van der Waals surface area (Å²) in [5.74, 6) is 0.579. The first-order valence-electron chi connectivity index (χ1n) is 13.5. The molecule has 0 amide bonds. The van der Waals surface area contributed by atoms with Crippen molar-refractivity contribution in [2.45, 2.75) is 109 Å². The van der Waals surface area contributed by atoms with Crippen LogP contribution in [-0.2, 0) is 6.42 Å². The normalized spacial score (nSPS) is 19.3. The maximum absolute atomic E-state index is 4.63. The number of likely N-dealkylation sites (N-methyl/N-ethyl adjacent to an activating group) is 1. The van der Waals surface area contributed by atoms with Gasteiger partial charge in [-0.25, -0.2) is 0 Å². The zero-order valence-corrected chi connectivity index (χ0v) is 22.4. The molecular formula is C30H45N2P. The molecule has 2 nitrogen and oxygen atoms in total. The summed E-state index contributed by atoms with van der Waals surface area (Å²) in [5.41, 5.74) is 9.20. The maximum Gasteiger partial charge on any atom is 0.0554 e. The molecule has 2 fully saturated rings. The van der Waals surface area contributed by atoms with E-state index in [1.165, 1.54) is 86.6 Å². The lowest BCUT2D eigenvalue weighted by Gasteiger charge is -2.47. The van der Waals surface area contributed by atoms with Crippen LogP contribution in [-0.4, -0.2) is 34.8 Å². The zero-order valence-electron chi connectivity index (χ0n) is 21.5. The lowest BCUT2D eigenvalue weighted by molar-refractivity contribution is 0.308. The molecule has 0 radical (unpaired) electrons. The Morgan fingerprint density at radius 1 is 0.879 bits per heavy atom. The van der Waals surface area contributed by atoms with E-state index in [2.05, 4.69) is 62.0 Å². The summed E-state index contributed by atoms with van der Waals surface area (Å²) >= 11 is 0. The second-order valence-electron chi connectivity index (χ2n) is 10.8. The van der Waals surface area contributed by atoms with E-state index in [1.54, 1.807) is 5.56 Å². The largest absolute Gasteiger partial charge is 0.295 e. The van der Waals surface area contributed by atoms with E-state index in [0.29, 0.717) is 5.78 Å². The smallest absolute Gasteiger partial charge is 0.0554 e. The first-order chi connectivity index (χ1) is 16.0. The highest BCUT2D eigenvalue weighted by atomic mass is 31.1. The Morgan fingerprint density at radius 3 is 1.97 bits per heavy atom. The minimum absolute atomic E-state index is 0.0931. The van der Waals surface area contributed by atoms with E-state index in [4.69, 9.17) is 0 Å². The fourth-order valence-corrected chi connectivity index (χ4v) is 11.2. The predicted molar refractivity (Wildman–Crippen MR) is 145 cm³/mol. The minimum atomic E-state index is -0.0931. The van der Waals surface area contributed by atoms with Crippen LogP contribution in [0.15, 0.2) is 36.5 Å². The molecule has 1 atom stereocenters. The third-order valence-corrected chi connectivity index (χ3v) is 12.1. The molecule has 2 saturated carbocycles. The second kappa shape index (κ2) is 11.9. The molecule has 33 heavy (non-hydrogen) atoms. The minimum Gasteiger partial charge on any atom is -0.295 e. The molecule has 1 aromatic carbocycles. The van der Waals surface area contributed by atoms with E-state index in [-0.39, 0.29) is 7.92 Å². The molecule has 2 aliphatic rings. The van der Waals surface area contributed by atoms with Gasteiger partial charge in [0.2, 0.25) is 0 Å². The summed E-state index contributed by atoms with van der Waals surface area (Å²) in [6.45, 7) is 8.11. The Morgan fingerprint density at radius 2 is 1.45 bits per heavy atom. The van der Waals surface area contributed by atoms with Gasteiger partial charge in [-0.3, -0.25) is 9.88 Å². The van der Waals surface area contributed by atoms with E-state index in [0.717, 1.165) is 24.3 Å². The predicted octanol–water partition coefficient (Wildman–Crippen LogP) is 8.33. The molecular weight excluding hydrogens is 419 g/mol. The van der Waals surface area contributed by atoms with Crippen LogP contribution in [0.5, 0.6) is 0 Å². The number of hydrogen-bond acceptors (Lipinski definition) is 2. The monoisotopic (exact) mass is 464 g/mol. The molecule has 1 heterocycles. The van der Waals surface area contributed by atoms with Gasteiger partial charge in [-0.2, -0.15) is 0 Å². The van der Waals surface area contributed by atoms with Gasteiger partial charge in [0.15, 0.2) is 0 Å². The van der Waals surface area contributed by atoms with Crippen molar-refractivity contribution in [2.24, 2.45) is 0 Å². The van der Waals surface area contributed by atoms with Gasteiger partial charge in [0.1, 0.15) is 0 Å². The number of aromatic nitrogens is 1. The van der Waals surface area contributed by atoms with Crippen molar-refractivity contribution in [1.82, 2.24) is 9.88 Å². The van der Waals surface area contributed by atoms with E-state index in [9.17, 15) is 0 Å². The number of hydrogen-bond donors (Lipinski definition) is 0. The lowest BCUT2D eigenvalue weighted by atomic mass is 9.98. The third-order valence-electron chi connectivity index (χ3n) is 8.14. The molecule has 0 spiro atoms. The van der Waals surface area contributed by atoms with Crippen LogP contribution in [0, 0.1) is 20.8 Å². The molecule has 1 unspecified atom stereocenters. The number of nitrogens with zero attached hydrogens (tertiary/aromatic N) is 2.